The van der Waals surface area contributed by atoms with Gasteiger partial charge in [0, 0.05) is 0 Å². The lowest BCUT2D eigenvalue weighted by molar-refractivity contribution is 0.482. The van der Waals surface area contributed by atoms with E-state index in [-0.39, 0.29) is 0 Å². The summed E-state index contributed by atoms with van der Waals surface area (Å²) in [6.07, 6.45) is 1.44. The first kappa shape index (κ1) is 12.5. The highest BCUT2D eigenvalue weighted by Gasteiger charge is 2.05. The third-order valence-electron chi connectivity index (χ3n) is 2.40. The van der Waals surface area contributed by atoms with Crippen LogP contribution >= 0.6 is 11.6 Å². The molecule has 0 saturated heterocycles. The van der Waals surface area contributed by atoms with Crippen molar-refractivity contribution in [1.82, 2.24) is 0 Å². The van der Waals surface area contributed by atoms with Crippen molar-refractivity contribution in [3.63, 3.8) is 0 Å². The molecule has 0 bridgehead atoms. The molecule has 3 heteroatoms. The number of nitriles is 1. The summed E-state index contributed by atoms with van der Waals surface area (Å²) in [6, 6.07) is 14.9. The molecule has 0 aliphatic rings. The minimum atomic E-state index is 0.520. The summed E-state index contributed by atoms with van der Waals surface area (Å²) >= 11 is 6.06. The van der Waals surface area contributed by atoms with Crippen LogP contribution in [0.1, 0.15) is 11.1 Å². The molecule has 0 aliphatic heterocycles. The number of nitrogens with zero attached hydrogens (tertiary/aromatic N) is 1. The average Bonchev–Trinajstić information content (AvgIpc) is 2.34. The first-order chi connectivity index (χ1) is 8.69. The fourth-order valence-corrected chi connectivity index (χ4v) is 1.72. The van der Waals surface area contributed by atoms with Gasteiger partial charge in [0.05, 0.1) is 17.5 Å². The van der Waals surface area contributed by atoms with Gasteiger partial charge in [0.25, 0.3) is 0 Å². The Morgan fingerprint density at radius 1 is 1.22 bits per heavy atom. The van der Waals surface area contributed by atoms with Crippen LogP contribution < -0.4 is 4.74 Å². The second-order valence-corrected chi connectivity index (χ2v) is 4.29. The lowest BCUT2D eigenvalue weighted by Gasteiger charge is -2.09. The molecule has 0 aromatic heterocycles. The number of hydrogen-bond acceptors (Lipinski definition) is 2. The molecule has 0 N–H and O–H groups in total. The average molecular weight is 257 g/mol. The van der Waals surface area contributed by atoms with Gasteiger partial charge in [0.15, 0.2) is 0 Å². The largest absolute Gasteiger partial charge is 0.456 e. The van der Waals surface area contributed by atoms with Crippen LogP contribution in [0.5, 0.6) is 11.5 Å². The number of halogens is 1. The van der Waals surface area contributed by atoms with Gasteiger partial charge in [-0.25, -0.2) is 0 Å². The maximum Gasteiger partial charge on any atom is 0.146 e. The molecule has 0 fully saturated rings. The molecule has 2 aromatic carbocycles. The quantitative estimate of drug-likeness (QED) is 0.809. The van der Waals surface area contributed by atoms with Crippen molar-refractivity contribution in [2.45, 2.75) is 6.92 Å². The normalized spacial score (nSPS) is 9.83. The van der Waals surface area contributed by atoms with Crippen LogP contribution in [-0.4, -0.2) is 0 Å². The lowest BCUT2D eigenvalue weighted by atomic mass is 10.1. The molecule has 1 radical (unpaired) electrons. The van der Waals surface area contributed by atoms with E-state index in [1.807, 2.05) is 37.3 Å². The monoisotopic (exact) mass is 256 g/mol. The minimum Gasteiger partial charge on any atom is -0.456 e. The van der Waals surface area contributed by atoms with Crippen molar-refractivity contribution in [2.24, 2.45) is 0 Å². The van der Waals surface area contributed by atoms with Crippen molar-refractivity contribution < 1.29 is 4.74 Å². The number of hydrogen-bond donors (Lipinski definition) is 0. The highest BCUT2D eigenvalue weighted by molar-refractivity contribution is 6.32. The number of ether oxygens (including phenoxy) is 1. The summed E-state index contributed by atoms with van der Waals surface area (Å²) in [5.41, 5.74) is 1.88. The van der Waals surface area contributed by atoms with E-state index in [0.717, 1.165) is 16.9 Å². The Hall–Kier alpha value is -1.98. The zero-order valence-electron chi connectivity index (χ0n) is 9.85. The van der Waals surface area contributed by atoms with Crippen LogP contribution in [0.2, 0.25) is 5.02 Å². The molecule has 0 saturated carbocycles. The summed E-state index contributed by atoms with van der Waals surface area (Å²) in [5, 5.41) is 9.15. The van der Waals surface area contributed by atoms with Crippen LogP contribution in [-0.2, 0) is 0 Å². The van der Waals surface area contributed by atoms with Crippen molar-refractivity contribution >= 4 is 11.6 Å². The van der Waals surface area contributed by atoms with E-state index in [0.29, 0.717) is 10.8 Å². The standard InChI is InChI=1S/C15H11ClNO/c1-11-3-2-4-13(9-11)18-15-10-12(7-8-17)5-6-14(15)16/h2-7,9-10H,1H3. The molecule has 0 heterocycles. The van der Waals surface area contributed by atoms with Gasteiger partial charge in [-0.3, -0.25) is 0 Å². The van der Waals surface area contributed by atoms with Crippen molar-refractivity contribution in [3.8, 4) is 17.6 Å². The molecule has 0 aliphatic carbocycles. The Bertz CT molecular complexity index is 602. The van der Waals surface area contributed by atoms with Crippen LogP contribution in [0.25, 0.3) is 0 Å². The maximum absolute atomic E-state index is 8.63. The molecule has 2 aromatic rings. The smallest absolute Gasteiger partial charge is 0.146 e. The highest BCUT2D eigenvalue weighted by Crippen LogP contribution is 2.30. The van der Waals surface area contributed by atoms with Crippen LogP contribution in [0.4, 0.5) is 0 Å². The molecule has 0 amide bonds. The van der Waals surface area contributed by atoms with E-state index < -0.39 is 0 Å². The Morgan fingerprint density at radius 2 is 2.06 bits per heavy atom. The third kappa shape index (κ3) is 3.03. The predicted molar refractivity (Wildman–Crippen MR) is 71.7 cm³/mol. The van der Waals surface area contributed by atoms with Crippen molar-refractivity contribution in [2.75, 3.05) is 0 Å². The van der Waals surface area contributed by atoms with E-state index in [4.69, 9.17) is 21.6 Å². The summed E-state index contributed by atoms with van der Waals surface area (Å²) in [4.78, 5) is 0. The summed E-state index contributed by atoms with van der Waals surface area (Å²) < 4.78 is 5.72. The predicted octanol–water partition coefficient (Wildman–Crippen LogP) is 4.52. The van der Waals surface area contributed by atoms with Crippen LogP contribution in [0.15, 0.2) is 42.5 Å². The molecule has 0 atom stereocenters. The molecule has 89 valence electrons. The first-order valence-electron chi connectivity index (χ1n) is 5.46. The summed E-state index contributed by atoms with van der Waals surface area (Å²) in [5.74, 6) is 1.28. The van der Waals surface area contributed by atoms with Gasteiger partial charge < -0.3 is 4.74 Å². The fourth-order valence-electron chi connectivity index (χ4n) is 1.57. The van der Waals surface area contributed by atoms with E-state index in [1.54, 1.807) is 18.2 Å². The molecule has 0 spiro atoms. The number of benzene rings is 2. The number of rotatable bonds is 3. The Labute approximate surface area is 111 Å². The van der Waals surface area contributed by atoms with E-state index >= 15 is 0 Å². The Balaban J connectivity index is 2.28. The molecule has 0 unspecified atom stereocenters. The minimum absolute atomic E-state index is 0.520. The summed E-state index contributed by atoms with van der Waals surface area (Å²) in [6.45, 7) is 1.99. The zero-order valence-corrected chi connectivity index (χ0v) is 10.6. The van der Waals surface area contributed by atoms with Gasteiger partial charge in [-0.1, -0.05) is 29.8 Å². The fraction of sp³-hybridized carbons (Fsp3) is 0.0667. The number of aryl methyl sites for hydroxylation is 1. The summed E-state index contributed by atoms with van der Waals surface area (Å²) in [7, 11) is 0. The second-order valence-electron chi connectivity index (χ2n) is 3.88. The van der Waals surface area contributed by atoms with Crippen LogP contribution in [0.3, 0.4) is 0 Å². The van der Waals surface area contributed by atoms with E-state index in [9.17, 15) is 0 Å². The van der Waals surface area contributed by atoms with Gasteiger partial charge in [-0.15, -0.1) is 0 Å². The lowest BCUT2D eigenvalue weighted by Crippen LogP contribution is -1.88. The molecule has 18 heavy (non-hydrogen) atoms. The SMILES string of the molecule is Cc1cccc(Oc2cc([CH]C#N)ccc2Cl)c1. The van der Waals surface area contributed by atoms with Gasteiger partial charge in [-0.2, -0.15) is 5.26 Å². The third-order valence-corrected chi connectivity index (χ3v) is 2.72. The first-order valence-corrected chi connectivity index (χ1v) is 5.84. The van der Waals surface area contributed by atoms with Gasteiger partial charge in [0.2, 0.25) is 0 Å². The second kappa shape index (κ2) is 5.57. The van der Waals surface area contributed by atoms with Gasteiger partial charge in [-0.05, 0) is 42.3 Å². The Kier molecular flexibility index (Phi) is 3.86. The van der Waals surface area contributed by atoms with Gasteiger partial charge >= 0.3 is 0 Å². The van der Waals surface area contributed by atoms with Crippen LogP contribution in [0, 0.1) is 24.7 Å². The molecule has 2 rings (SSSR count). The maximum atomic E-state index is 8.63. The topological polar surface area (TPSA) is 33.0 Å². The highest BCUT2D eigenvalue weighted by atomic mass is 35.5. The molecular formula is C15H11ClNO. The Morgan fingerprint density at radius 3 is 2.78 bits per heavy atom. The van der Waals surface area contributed by atoms with Crippen molar-refractivity contribution in [3.05, 3.63) is 65.0 Å². The van der Waals surface area contributed by atoms with Gasteiger partial charge in [0.1, 0.15) is 11.5 Å². The molecular weight excluding hydrogens is 246 g/mol. The molecule has 2 nitrogen and oxygen atoms in total. The van der Waals surface area contributed by atoms with E-state index in [2.05, 4.69) is 0 Å². The van der Waals surface area contributed by atoms with E-state index in [1.165, 1.54) is 6.42 Å². The van der Waals surface area contributed by atoms with Crippen molar-refractivity contribution in [1.29, 1.82) is 5.26 Å². The zero-order chi connectivity index (χ0) is 13.0.